The minimum absolute atomic E-state index is 0.00861. The number of hydrogen-bond donors (Lipinski definition) is 2. The van der Waals surface area contributed by atoms with Crippen molar-refractivity contribution in [2.24, 2.45) is 5.84 Å². The Morgan fingerprint density at radius 3 is 2.53 bits per heavy atom. The lowest BCUT2D eigenvalue weighted by Crippen LogP contribution is -2.64. The smallest absolute Gasteiger partial charge is 0.0642 e. The van der Waals surface area contributed by atoms with Crippen LogP contribution in [0.5, 0.6) is 0 Å². The highest BCUT2D eigenvalue weighted by Gasteiger charge is 2.37. The van der Waals surface area contributed by atoms with Crippen LogP contribution in [0.1, 0.15) is 11.6 Å². The van der Waals surface area contributed by atoms with E-state index in [0.29, 0.717) is 16.1 Å². The Labute approximate surface area is 123 Å². The summed E-state index contributed by atoms with van der Waals surface area (Å²) in [6.07, 6.45) is 0. The van der Waals surface area contributed by atoms with E-state index < -0.39 is 0 Å². The Morgan fingerprint density at radius 1 is 1.21 bits per heavy atom. The fraction of sp³-hybridized carbons (Fsp3) is 0.538. The molecule has 3 fully saturated rings. The zero-order chi connectivity index (χ0) is 13.4. The van der Waals surface area contributed by atoms with Gasteiger partial charge in [0, 0.05) is 48.8 Å². The highest BCUT2D eigenvalue weighted by molar-refractivity contribution is 6.33. The van der Waals surface area contributed by atoms with E-state index in [1.165, 1.54) is 0 Å². The standard InChI is InChI=1S/C13H18Cl2N4/c14-9-1-2-11(15)10(7-9)13(17-16)12-8-18-3-5-19(12)6-4-18/h1-2,7,12-13,17H,3-6,8,16H2. The van der Waals surface area contributed by atoms with Crippen molar-refractivity contribution in [1.82, 2.24) is 15.2 Å². The van der Waals surface area contributed by atoms with E-state index in [-0.39, 0.29) is 6.04 Å². The van der Waals surface area contributed by atoms with E-state index in [9.17, 15) is 0 Å². The van der Waals surface area contributed by atoms with Crippen LogP contribution in [0.2, 0.25) is 10.0 Å². The molecule has 104 valence electrons. The van der Waals surface area contributed by atoms with Gasteiger partial charge in [-0.3, -0.25) is 21.1 Å². The molecule has 0 saturated carbocycles. The van der Waals surface area contributed by atoms with E-state index in [0.717, 1.165) is 38.3 Å². The Hall–Kier alpha value is -0.360. The van der Waals surface area contributed by atoms with E-state index >= 15 is 0 Å². The van der Waals surface area contributed by atoms with Crippen molar-refractivity contribution >= 4 is 23.2 Å². The summed E-state index contributed by atoms with van der Waals surface area (Å²) in [5.74, 6) is 5.79. The van der Waals surface area contributed by atoms with Crippen LogP contribution in [-0.4, -0.2) is 48.6 Å². The topological polar surface area (TPSA) is 44.5 Å². The van der Waals surface area contributed by atoms with Gasteiger partial charge in [0.25, 0.3) is 0 Å². The molecular weight excluding hydrogens is 283 g/mol. The predicted molar refractivity (Wildman–Crippen MR) is 78.3 cm³/mol. The molecule has 3 aliphatic heterocycles. The largest absolute Gasteiger partial charge is 0.299 e. The molecule has 0 spiro atoms. The first-order valence-corrected chi connectivity index (χ1v) is 7.32. The zero-order valence-electron chi connectivity index (χ0n) is 10.6. The van der Waals surface area contributed by atoms with Gasteiger partial charge in [-0.15, -0.1) is 0 Å². The van der Waals surface area contributed by atoms with Crippen molar-refractivity contribution in [2.75, 3.05) is 32.7 Å². The highest BCUT2D eigenvalue weighted by Crippen LogP contribution is 2.32. The maximum atomic E-state index is 6.30. The fourth-order valence-electron chi connectivity index (χ4n) is 3.13. The second-order valence-electron chi connectivity index (χ2n) is 5.21. The number of nitrogens with one attached hydrogen (secondary N) is 1. The summed E-state index contributed by atoms with van der Waals surface area (Å²) in [5.41, 5.74) is 3.91. The lowest BCUT2D eigenvalue weighted by Gasteiger charge is -2.50. The zero-order valence-corrected chi connectivity index (χ0v) is 12.2. The number of fused-ring (bicyclic) bond motifs is 3. The number of piperazine rings is 3. The van der Waals surface area contributed by atoms with Crippen LogP contribution in [0.25, 0.3) is 0 Å². The van der Waals surface area contributed by atoms with Gasteiger partial charge in [0.05, 0.1) is 6.04 Å². The summed E-state index contributed by atoms with van der Waals surface area (Å²) < 4.78 is 0. The Balaban J connectivity index is 1.90. The molecule has 3 heterocycles. The van der Waals surface area contributed by atoms with Gasteiger partial charge in [-0.25, -0.2) is 0 Å². The summed E-state index contributed by atoms with van der Waals surface area (Å²) in [6, 6.07) is 5.91. The lowest BCUT2D eigenvalue weighted by atomic mass is 9.94. The van der Waals surface area contributed by atoms with Gasteiger partial charge in [0.1, 0.15) is 0 Å². The molecule has 4 nitrogen and oxygen atoms in total. The van der Waals surface area contributed by atoms with Crippen LogP contribution in [0, 0.1) is 0 Å². The number of rotatable bonds is 3. The normalized spacial score (nSPS) is 31.4. The SMILES string of the molecule is NNC(c1cc(Cl)ccc1Cl)C1CN2CCN1CC2. The van der Waals surface area contributed by atoms with Crippen molar-refractivity contribution in [1.29, 1.82) is 0 Å². The molecule has 3 N–H and O–H groups in total. The maximum Gasteiger partial charge on any atom is 0.0642 e. The third-order valence-corrected chi connectivity index (χ3v) is 4.76. The third-order valence-electron chi connectivity index (χ3n) is 4.18. The first kappa shape index (κ1) is 13.6. The fourth-order valence-corrected chi connectivity index (χ4v) is 3.55. The average molecular weight is 301 g/mol. The predicted octanol–water partition coefficient (Wildman–Crippen LogP) is 1.50. The first-order valence-electron chi connectivity index (χ1n) is 6.56. The van der Waals surface area contributed by atoms with Crippen molar-refractivity contribution < 1.29 is 0 Å². The van der Waals surface area contributed by atoms with Gasteiger partial charge in [-0.1, -0.05) is 23.2 Å². The number of halogens is 2. The summed E-state index contributed by atoms with van der Waals surface area (Å²) in [4.78, 5) is 4.97. The van der Waals surface area contributed by atoms with Crippen molar-refractivity contribution in [3.63, 3.8) is 0 Å². The Bertz CT molecular complexity index is 460. The molecule has 3 saturated heterocycles. The molecule has 2 unspecified atom stereocenters. The molecule has 2 atom stereocenters. The molecule has 19 heavy (non-hydrogen) atoms. The van der Waals surface area contributed by atoms with Crippen molar-refractivity contribution in [3.05, 3.63) is 33.8 Å². The molecule has 0 radical (unpaired) electrons. The van der Waals surface area contributed by atoms with Gasteiger partial charge in [-0.05, 0) is 23.8 Å². The summed E-state index contributed by atoms with van der Waals surface area (Å²) in [7, 11) is 0. The monoisotopic (exact) mass is 300 g/mol. The van der Waals surface area contributed by atoms with Gasteiger partial charge in [-0.2, -0.15) is 0 Å². The van der Waals surface area contributed by atoms with Crippen LogP contribution in [0.3, 0.4) is 0 Å². The van der Waals surface area contributed by atoms with E-state index in [4.69, 9.17) is 29.0 Å². The number of benzene rings is 1. The van der Waals surface area contributed by atoms with Gasteiger partial charge in [0.15, 0.2) is 0 Å². The minimum Gasteiger partial charge on any atom is -0.299 e. The van der Waals surface area contributed by atoms with Gasteiger partial charge >= 0.3 is 0 Å². The molecule has 0 amide bonds. The molecule has 2 bridgehead atoms. The second kappa shape index (κ2) is 5.56. The van der Waals surface area contributed by atoms with Gasteiger partial charge in [0.2, 0.25) is 0 Å². The minimum atomic E-state index is 0.00861. The first-order chi connectivity index (χ1) is 9.19. The second-order valence-corrected chi connectivity index (χ2v) is 6.06. The summed E-state index contributed by atoms with van der Waals surface area (Å²) in [5, 5.41) is 1.40. The van der Waals surface area contributed by atoms with Crippen LogP contribution in [0.15, 0.2) is 18.2 Å². The van der Waals surface area contributed by atoms with Crippen LogP contribution in [-0.2, 0) is 0 Å². The Morgan fingerprint density at radius 2 is 1.95 bits per heavy atom. The van der Waals surface area contributed by atoms with E-state index in [2.05, 4.69) is 15.2 Å². The third kappa shape index (κ3) is 2.61. The number of nitrogens with zero attached hydrogens (tertiary/aromatic N) is 2. The van der Waals surface area contributed by atoms with Crippen molar-refractivity contribution in [2.45, 2.75) is 12.1 Å². The molecule has 6 heteroatoms. The quantitative estimate of drug-likeness (QED) is 0.656. The van der Waals surface area contributed by atoms with Crippen LogP contribution in [0.4, 0.5) is 0 Å². The highest BCUT2D eigenvalue weighted by atomic mass is 35.5. The number of hydrazine groups is 1. The summed E-state index contributed by atoms with van der Waals surface area (Å²) in [6.45, 7) is 5.52. The van der Waals surface area contributed by atoms with Crippen molar-refractivity contribution in [3.8, 4) is 0 Å². The molecule has 4 rings (SSSR count). The molecular formula is C13H18Cl2N4. The summed E-state index contributed by atoms with van der Waals surface area (Å²) >= 11 is 12.4. The number of nitrogens with two attached hydrogens (primary N) is 1. The van der Waals surface area contributed by atoms with Crippen LogP contribution < -0.4 is 11.3 Å². The maximum absolute atomic E-state index is 6.30. The molecule has 3 aliphatic rings. The molecule has 0 aliphatic carbocycles. The van der Waals surface area contributed by atoms with Crippen LogP contribution >= 0.6 is 23.2 Å². The molecule has 1 aromatic carbocycles. The van der Waals surface area contributed by atoms with E-state index in [1.54, 1.807) is 6.07 Å². The number of hydrogen-bond acceptors (Lipinski definition) is 4. The van der Waals surface area contributed by atoms with E-state index in [1.807, 2.05) is 12.1 Å². The van der Waals surface area contributed by atoms with Gasteiger partial charge < -0.3 is 0 Å². The average Bonchev–Trinajstić information content (AvgIpc) is 2.45. The Kier molecular flexibility index (Phi) is 3.98. The molecule has 0 aromatic heterocycles. The molecule has 1 aromatic rings. The lowest BCUT2D eigenvalue weighted by molar-refractivity contribution is -0.00367.